The molecule has 0 aromatic heterocycles. The topological polar surface area (TPSA) is 81.8 Å². The molecule has 160 valence electrons. The Labute approximate surface area is 170 Å². The van der Waals surface area contributed by atoms with Crippen molar-refractivity contribution >= 4 is 17.8 Å². The standard InChI is InChI=1S/C20H21F3N4O3/c1-10(17(28)24-13-7-8-13)27-9-14-15(18(27)29)16(25-19(30)26(14)2)11-3-5-12(6-4-11)20(21,22)23/h3-6,10,13,16H,7-9H2,1-2H3,(H,24,28)(H,25,30). The number of likely N-dealkylation sites (N-methyl/N-ethyl adjacent to an activating group) is 1. The van der Waals surface area contributed by atoms with E-state index in [4.69, 9.17) is 0 Å². The second-order valence-electron chi connectivity index (χ2n) is 7.81. The first-order chi connectivity index (χ1) is 14.1. The van der Waals surface area contributed by atoms with E-state index in [0.717, 1.165) is 25.0 Å². The Balaban J connectivity index is 1.62. The number of urea groups is 1. The fourth-order valence-corrected chi connectivity index (χ4v) is 3.71. The molecule has 30 heavy (non-hydrogen) atoms. The minimum absolute atomic E-state index is 0.0779. The second kappa shape index (κ2) is 7.03. The molecule has 7 nitrogen and oxygen atoms in total. The van der Waals surface area contributed by atoms with Crippen molar-refractivity contribution in [3.05, 3.63) is 46.7 Å². The zero-order valence-corrected chi connectivity index (χ0v) is 16.4. The van der Waals surface area contributed by atoms with Gasteiger partial charge in [-0.1, -0.05) is 12.1 Å². The Morgan fingerprint density at radius 2 is 1.83 bits per heavy atom. The highest BCUT2D eigenvalue weighted by Crippen LogP contribution is 2.37. The second-order valence-corrected chi connectivity index (χ2v) is 7.81. The van der Waals surface area contributed by atoms with Gasteiger partial charge >= 0.3 is 12.2 Å². The maximum absolute atomic E-state index is 13.2. The zero-order valence-electron chi connectivity index (χ0n) is 16.4. The van der Waals surface area contributed by atoms with Crippen LogP contribution in [0.25, 0.3) is 0 Å². The SMILES string of the molecule is CC(C(=O)NC1CC1)N1CC2=C(C1=O)C(c1ccc(C(F)(F)F)cc1)NC(=O)N2C. The average molecular weight is 422 g/mol. The zero-order chi connectivity index (χ0) is 21.8. The number of nitrogens with one attached hydrogen (secondary N) is 2. The lowest BCUT2D eigenvalue weighted by Gasteiger charge is -2.31. The molecule has 0 radical (unpaired) electrons. The van der Waals surface area contributed by atoms with Crippen molar-refractivity contribution in [2.45, 2.75) is 44.1 Å². The number of carbonyl (C=O) groups is 3. The van der Waals surface area contributed by atoms with Gasteiger partial charge in [0.1, 0.15) is 6.04 Å². The van der Waals surface area contributed by atoms with Gasteiger partial charge in [-0.15, -0.1) is 0 Å². The maximum atomic E-state index is 13.2. The summed E-state index contributed by atoms with van der Waals surface area (Å²) >= 11 is 0. The predicted molar refractivity (Wildman–Crippen MR) is 99.8 cm³/mol. The van der Waals surface area contributed by atoms with E-state index in [1.54, 1.807) is 6.92 Å². The lowest BCUT2D eigenvalue weighted by atomic mass is 9.95. The van der Waals surface area contributed by atoms with Crippen LogP contribution in [0, 0.1) is 0 Å². The van der Waals surface area contributed by atoms with Crippen LogP contribution >= 0.6 is 0 Å². The highest BCUT2D eigenvalue weighted by Gasteiger charge is 2.45. The quantitative estimate of drug-likeness (QED) is 0.780. The Bertz CT molecular complexity index is 938. The van der Waals surface area contributed by atoms with Gasteiger partial charge in [-0.25, -0.2) is 4.79 Å². The first kappa shape index (κ1) is 20.2. The number of alkyl halides is 3. The van der Waals surface area contributed by atoms with Gasteiger partial charge in [0.05, 0.1) is 29.4 Å². The molecule has 2 heterocycles. The van der Waals surface area contributed by atoms with E-state index in [2.05, 4.69) is 10.6 Å². The van der Waals surface area contributed by atoms with Gasteiger partial charge in [-0.3, -0.25) is 14.5 Å². The average Bonchev–Trinajstić information content (AvgIpc) is 3.44. The minimum atomic E-state index is -4.48. The number of halogens is 3. The summed E-state index contributed by atoms with van der Waals surface area (Å²) in [6.45, 7) is 1.70. The molecule has 4 rings (SSSR count). The Kier molecular flexibility index (Phi) is 4.74. The highest BCUT2D eigenvalue weighted by molar-refractivity contribution is 6.03. The third-order valence-electron chi connectivity index (χ3n) is 5.73. The van der Waals surface area contributed by atoms with Crippen LogP contribution in [-0.2, 0) is 15.8 Å². The van der Waals surface area contributed by atoms with Crippen molar-refractivity contribution in [3.63, 3.8) is 0 Å². The van der Waals surface area contributed by atoms with Crippen molar-refractivity contribution in [2.75, 3.05) is 13.6 Å². The Morgan fingerprint density at radius 3 is 2.40 bits per heavy atom. The van der Waals surface area contributed by atoms with Gasteiger partial charge in [0, 0.05) is 13.1 Å². The van der Waals surface area contributed by atoms with Gasteiger partial charge in [0.2, 0.25) is 5.91 Å². The number of benzene rings is 1. The lowest BCUT2D eigenvalue weighted by molar-refractivity contribution is -0.137. The van der Waals surface area contributed by atoms with E-state index in [-0.39, 0.29) is 24.1 Å². The summed E-state index contributed by atoms with van der Waals surface area (Å²) in [4.78, 5) is 40.7. The number of hydrogen-bond donors (Lipinski definition) is 2. The van der Waals surface area contributed by atoms with E-state index in [9.17, 15) is 27.6 Å². The van der Waals surface area contributed by atoms with Crippen LogP contribution in [0.4, 0.5) is 18.0 Å². The van der Waals surface area contributed by atoms with Crippen molar-refractivity contribution in [1.29, 1.82) is 0 Å². The molecule has 10 heteroatoms. The van der Waals surface area contributed by atoms with E-state index in [1.165, 1.54) is 29.0 Å². The summed E-state index contributed by atoms with van der Waals surface area (Å²) in [6.07, 6.45) is -2.65. The Morgan fingerprint density at radius 1 is 1.20 bits per heavy atom. The number of rotatable bonds is 4. The van der Waals surface area contributed by atoms with Crippen molar-refractivity contribution in [3.8, 4) is 0 Å². The smallest absolute Gasteiger partial charge is 0.352 e. The monoisotopic (exact) mass is 422 g/mol. The molecule has 1 aromatic rings. The van der Waals surface area contributed by atoms with Gasteiger partial charge < -0.3 is 15.5 Å². The van der Waals surface area contributed by atoms with Crippen LogP contribution in [0.5, 0.6) is 0 Å². The van der Waals surface area contributed by atoms with E-state index in [1.807, 2.05) is 0 Å². The van der Waals surface area contributed by atoms with E-state index < -0.39 is 35.8 Å². The summed E-state index contributed by atoms with van der Waals surface area (Å²) in [5.41, 5.74) is 0.259. The van der Waals surface area contributed by atoms with E-state index >= 15 is 0 Å². The summed E-state index contributed by atoms with van der Waals surface area (Å²) in [5, 5.41) is 5.53. The van der Waals surface area contributed by atoms with Crippen LogP contribution in [0.2, 0.25) is 0 Å². The molecule has 1 fully saturated rings. The molecular weight excluding hydrogens is 401 g/mol. The molecule has 0 spiro atoms. The summed E-state index contributed by atoms with van der Waals surface area (Å²) in [7, 11) is 1.51. The van der Waals surface area contributed by atoms with Crippen molar-refractivity contribution in [2.24, 2.45) is 0 Å². The number of nitrogens with zero attached hydrogens (tertiary/aromatic N) is 2. The highest BCUT2D eigenvalue weighted by atomic mass is 19.4. The fourth-order valence-electron chi connectivity index (χ4n) is 3.71. The number of carbonyl (C=O) groups excluding carboxylic acids is 3. The third-order valence-corrected chi connectivity index (χ3v) is 5.73. The van der Waals surface area contributed by atoms with Gasteiger partial charge in [-0.05, 0) is 37.5 Å². The van der Waals surface area contributed by atoms with Crippen LogP contribution in [-0.4, -0.2) is 53.3 Å². The maximum Gasteiger partial charge on any atom is 0.416 e. The molecular formula is C20H21F3N4O3. The van der Waals surface area contributed by atoms with Crippen molar-refractivity contribution < 1.29 is 27.6 Å². The van der Waals surface area contributed by atoms with Crippen LogP contribution in [0.1, 0.15) is 36.9 Å². The molecule has 2 atom stereocenters. The number of hydrogen-bond acceptors (Lipinski definition) is 3. The molecule has 2 N–H and O–H groups in total. The first-order valence-corrected chi connectivity index (χ1v) is 9.63. The minimum Gasteiger partial charge on any atom is -0.352 e. The summed E-state index contributed by atoms with van der Waals surface area (Å²) < 4.78 is 38.6. The summed E-state index contributed by atoms with van der Waals surface area (Å²) in [5.74, 6) is -0.682. The van der Waals surface area contributed by atoms with Crippen molar-refractivity contribution in [1.82, 2.24) is 20.4 Å². The molecule has 4 amide bonds. The van der Waals surface area contributed by atoms with Crippen LogP contribution < -0.4 is 10.6 Å². The van der Waals surface area contributed by atoms with Gasteiger partial charge in [-0.2, -0.15) is 13.2 Å². The molecule has 1 aromatic carbocycles. The Hall–Kier alpha value is -3.04. The largest absolute Gasteiger partial charge is 0.416 e. The van der Waals surface area contributed by atoms with Gasteiger partial charge in [0.25, 0.3) is 5.91 Å². The predicted octanol–water partition coefficient (Wildman–Crippen LogP) is 2.16. The lowest BCUT2D eigenvalue weighted by Crippen LogP contribution is -2.47. The third kappa shape index (κ3) is 3.50. The molecule has 3 aliphatic rings. The molecule has 0 bridgehead atoms. The fraction of sp³-hybridized carbons (Fsp3) is 0.450. The normalized spacial score (nSPS) is 22.8. The molecule has 0 saturated heterocycles. The molecule has 1 saturated carbocycles. The summed E-state index contributed by atoms with van der Waals surface area (Å²) in [6, 6.07) is 2.40. The van der Waals surface area contributed by atoms with Crippen LogP contribution in [0.15, 0.2) is 35.5 Å². The van der Waals surface area contributed by atoms with Gasteiger partial charge in [0.15, 0.2) is 0 Å². The number of amides is 4. The van der Waals surface area contributed by atoms with E-state index in [0.29, 0.717) is 11.3 Å². The molecule has 2 aliphatic heterocycles. The molecule has 1 aliphatic carbocycles. The molecule has 2 unspecified atom stereocenters. The first-order valence-electron chi connectivity index (χ1n) is 9.63. The van der Waals surface area contributed by atoms with Crippen LogP contribution in [0.3, 0.4) is 0 Å².